The van der Waals surface area contributed by atoms with Crippen molar-refractivity contribution in [2.75, 3.05) is 11.4 Å². The Morgan fingerprint density at radius 2 is 1.80 bits per heavy atom. The van der Waals surface area contributed by atoms with Crippen LogP contribution >= 0.6 is 15.9 Å². The van der Waals surface area contributed by atoms with Crippen LogP contribution in [-0.2, 0) is 15.8 Å². The topological polar surface area (TPSA) is 57.6 Å². The minimum atomic E-state index is -1.90. The molecule has 0 fully saturated rings. The average Bonchev–Trinajstić information content (AvgIpc) is 2.82. The van der Waals surface area contributed by atoms with Gasteiger partial charge in [-0.2, -0.15) is 0 Å². The molecule has 0 aliphatic carbocycles. The van der Waals surface area contributed by atoms with E-state index in [1.807, 2.05) is 32.0 Å². The number of aryl methyl sites for hydroxylation is 2. The summed E-state index contributed by atoms with van der Waals surface area (Å²) in [4.78, 5) is 28.0. The second-order valence-corrected chi connectivity index (χ2v) is 9.98. The van der Waals surface area contributed by atoms with Gasteiger partial charge in [0.2, 0.25) is 0 Å². The summed E-state index contributed by atoms with van der Waals surface area (Å²) >= 11 is 3.41. The lowest BCUT2D eigenvalue weighted by molar-refractivity contribution is -0.135. The number of halogens is 1. The Morgan fingerprint density at radius 3 is 2.33 bits per heavy atom. The quantitative estimate of drug-likeness (QED) is 0.473. The van der Waals surface area contributed by atoms with Crippen molar-refractivity contribution in [3.8, 4) is 0 Å². The fourth-order valence-corrected chi connectivity index (χ4v) is 4.52. The predicted octanol–water partition coefficient (Wildman–Crippen LogP) is 5.36. The summed E-state index contributed by atoms with van der Waals surface area (Å²) in [5, 5.41) is 11.5. The van der Waals surface area contributed by atoms with E-state index in [1.54, 1.807) is 18.2 Å². The molecular weight excluding hydrogens is 442 g/mol. The van der Waals surface area contributed by atoms with Gasteiger partial charge in [-0.05, 0) is 54.2 Å². The summed E-state index contributed by atoms with van der Waals surface area (Å²) in [5.74, 6) is -0.738. The molecule has 4 nitrogen and oxygen atoms in total. The number of aliphatic hydroxyl groups is 1. The largest absolute Gasteiger partial charge is 0.375 e. The van der Waals surface area contributed by atoms with Crippen LogP contribution in [0.2, 0.25) is 0 Å². The first kappa shape index (κ1) is 22.4. The maximum absolute atomic E-state index is 13.4. The number of carbonyl (C=O) groups is 2. The highest BCUT2D eigenvalue weighted by molar-refractivity contribution is 9.10. The van der Waals surface area contributed by atoms with Crippen LogP contribution in [-0.4, -0.2) is 23.3 Å². The third kappa shape index (κ3) is 3.77. The van der Waals surface area contributed by atoms with Crippen LogP contribution in [0.25, 0.3) is 0 Å². The van der Waals surface area contributed by atoms with E-state index in [1.165, 1.54) is 4.90 Å². The summed E-state index contributed by atoms with van der Waals surface area (Å²) in [5.41, 5.74) is 2.55. The summed E-state index contributed by atoms with van der Waals surface area (Å²) < 4.78 is 0.738. The molecule has 0 spiro atoms. The molecule has 0 bridgehead atoms. The van der Waals surface area contributed by atoms with E-state index in [-0.39, 0.29) is 24.2 Å². The number of hydrogen-bond donors (Lipinski definition) is 1. The van der Waals surface area contributed by atoms with E-state index in [9.17, 15) is 14.7 Å². The number of anilines is 1. The van der Waals surface area contributed by atoms with Crippen LogP contribution in [0.15, 0.2) is 47.5 Å². The molecule has 1 N–H and O–H groups in total. The number of hydrogen-bond acceptors (Lipinski definition) is 3. The molecule has 1 amide bonds. The van der Waals surface area contributed by atoms with Crippen molar-refractivity contribution in [1.29, 1.82) is 0 Å². The molecule has 1 aliphatic heterocycles. The van der Waals surface area contributed by atoms with Gasteiger partial charge in [0.05, 0.1) is 12.1 Å². The first-order valence-corrected chi connectivity index (χ1v) is 10.8. The van der Waals surface area contributed by atoms with Crippen molar-refractivity contribution >= 4 is 33.3 Å². The van der Waals surface area contributed by atoms with Gasteiger partial charge in [-0.1, -0.05) is 54.9 Å². The van der Waals surface area contributed by atoms with Gasteiger partial charge in [-0.15, -0.1) is 6.58 Å². The van der Waals surface area contributed by atoms with Gasteiger partial charge in [0.15, 0.2) is 11.4 Å². The van der Waals surface area contributed by atoms with Gasteiger partial charge in [0, 0.05) is 22.1 Å². The van der Waals surface area contributed by atoms with Crippen molar-refractivity contribution in [3.05, 3.63) is 75.3 Å². The maximum Gasteiger partial charge on any atom is 0.264 e. The Morgan fingerprint density at radius 1 is 1.20 bits per heavy atom. The van der Waals surface area contributed by atoms with Crippen LogP contribution in [0.5, 0.6) is 0 Å². The van der Waals surface area contributed by atoms with Crippen molar-refractivity contribution in [3.63, 3.8) is 0 Å². The molecular formula is C25H28BrNO3. The van der Waals surface area contributed by atoms with Gasteiger partial charge < -0.3 is 10.0 Å². The van der Waals surface area contributed by atoms with Crippen molar-refractivity contribution in [2.45, 2.75) is 52.1 Å². The Balaban J connectivity index is 2.04. The number of fused-ring (bicyclic) bond motifs is 1. The van der Waals surface area contributed by atoms with Gasteiger partial charge >= 0.3 is 0 Å². The first-order chi connectivity index (χ1) is 13.9. The molecule has 1 atom stereocenters. The molecule has 0 radical (unpaired) electrons. The number of benzene rings is 2. The zero-order valence-electron chi connectivity index (χ0n) is 18.2. The number of amides is 1. The molecule has 0 saturated heterocycles. The lowest BCUT2D eigenvalue weighted by atomic mass is 9.81. The minimum absolute atomic E-state index is 0.0346. The Hall–Kier alpha value is -2.24. The van der Waals surface area contributed by atoms with E-state index in [4.69, 9.17) is 0 Å². The van der Waals surface area contributed by atoms with E-state index in [0.29, 0.717) is 16.8 Å². The first-order valence-electron chi connectivity index (χ1n) is 10.0. The third-order valence-electron chi connectivity index (χ3n) is 5.70. The lowest BCUT2D eigenvalue weighted by Crippen LogP contribution is -2.42. The van der Waals surface area contributed by atoms with Crippen LogP contribution in [0.3, 0.4) is 0 Å². The van der Waals surface area contributed by atoms with Crippen LogP contribution in [0.1, 0.15) is 59.8 Å². The second kappa shape index (κ2) is 7.78. The van der Waals surface area contributed by atoms with Crippen molar-refractivity contribution in [1.82, 2.24) is 0 Å². The third-order valence-corrected chi connectivity index (χ3v) is 6.19. The fraction of sp³-hybridized carbons (Fsp3) is 0.360. The predicted molar refractivity (Wildman–Crippen MR) is 124 cm³/mol. The molecule has 2 aromatic carbocycles. The summed E-state index contributed by atoms with van der Waals surface area (Å²) in [6, 6.07) is 9.35. The molecule has 30 heavy (non-hydrogen) atoms. The Labute approximate surface area is 186 Å². The monoisotopic (exact) mass is 469 g/mol. The molecule has 2 aromatic rings. The van der Waals surface area contributed by atoms with Crippen LogP contribution in [0, 0.1) is 13.8 Å². The number of rotatable bonds is 5. The highest BCUT2D eigenvalue weighted by Gasteiger charge is 2.51. The fourth-order valence-electron chi connectivity index (χ4n) is 4.16. The standard InChI is InChI=1S/C25H28BrNO3/c1-7-10-27-20-9-8-18(26)13-19(20)25(30,23(27)29)14-21(28)22-15(2)11-17(12-16(22)3)24(4,5)6/h7-9,11-13,30H,1,10,14H2,2-6H3/t25-/m0/s1. The molecule has 1 heterocycles. The highest BCUT2D eigenvalue weighted by Crippen LogP contribution is 2.44. The Kier molecular flexibility index (Phi) is 5.82. The molecule has 1 aliphatic rings. The van der Waals surface area contributed by atoms with Gasteiger partial charge in [0.1, 0.15) is 0 Å². The van der Waals surface area contributed by atoms with Crippen molar-refractivity contribution in [2.24, 2.45) is 0 Å². The second-order valence-electron chi connectivity index (χ2n) is 9.06. The van der Waals surface area contributed by atoms with E-state index >= 15 is 0 Å². The number of Topliss-reactive ketones (excluding diaryl/α,β-unsaturated/α-hetero) is 1. The zero-order valence-corrected chi connectivity index (χ0v) is 19.8. The summed E-state index contributed by atoms with van der Waals surface area (Å²) in [7, 11) is 0. The normalized spacial score (nSPS) is 18.5. The SMILES string of the molecule is C=CCN1C(=O)[C@](O)(CC(=O)c2c(C)cc(C(C)(C)C)cc2C)c2cc(Br)ccc21. The van der Waals surface area contributed by atoms with Crippen molar-refractivity contribution < 1.29 is 14.7 Å². The average molecular weight is 470 g/mol. The molecule has 0 aromatic heterocycles. The van der Waals surface area contributed by atoms with E-state index in [2.05, 4.69) is 43.3 Å². The van der Waals surface area contributed by atoms with E-state index < -0.39 is 11.5 Å². The van der Waals surface area contributed by atoms with Gasteiger partial charge in [-0.25, -0.2) is 0 Å². The molecule has 158 valence electrons. The maximum atomic E-state index is 13.4. The van der Waals surface area contributed by atoms with Gasteiger partial charge in [0.25, 0.3) is 5.91 Å². The van der Waals surface area contributed by atoms with Crippen LogP contribution < -0.4 is 4.90 Å². The number of carbonyl (C=O) groups excluding carboxylic acids is 2. The Bertz CT molecular complexity index is 1030. The molecule has 0 saturated carbocycles. The summed E-state index contributed by atoms with van der Waals surface area (Å²) in [6.07, 6.45) is 1.30. The molecule has 3 rings (SSSR count). The van der Waals surface area contributed by atoms with E-state index in [0.717, 1.165) is 21.2 Å². The van der Waals surface area contributed by atoms with Crippen LogP contribution in [0.4, 0.5) is 5.69 Å². The lowest BCUT2D eigenvalue weighted by Gasteiger charge is -2.25. The van der Waals surface area contributed by atoms with Gasteiger partial charge in [-0.3, -0.25) is 9.59 Å². The number of nitrogens with zero attached hydrogens (tertiary/aromatic N) is 1. The molecule has 5 heteroatoms. The highest BCUT2D eigenvalue weighted by atomic mass is 79.9. The summed E-state index contributed by atoms with van der Waals surface area (Å²) in [6.45, 7) is 14.2. The minimum Gasteiger partial charge on any atom is -0.375 e. The smallest absolute Gasteiger partial charge is 0.264 e. The molecule has 0 unspecified atom stereocenters. The zero-order chi connectivity index (χ0) is 22.4. The number of ketones is 1.